The van der Waals surface area contributed by atoms with Crippen LogP contribution in [0.4, 0.5) is 0 Å². The minimum absolute atomic E-state index is 0.950. The largest absolute Gasteiger partial charge is 0.357 e. The fraction of sp³-hybridized carbons (Fsp3) is 0.222. The molecule has 0 radical (unpaired) electrons. The molecule has 0 aliphatic heterocycles. The Bertz CT molecular complexity index is 663. The third-order valence-electron chi connectivity index (χ3n) is 3.61. The smallest absolute Gasteiger partial charge is 0.0835 e. The van der Waals surface area contributed by atoms with E-state index in [0.29, 0.717) is 0 Å². The summed E-state index contributed by atoms with van der Waals surface area (Å²) in [4.78, 5) is 2.79. The van der Waals surface area contributed by atoms with Gasteiger partial charge >= 0.3 is 0 Å². The molecule has 0 unspecified atom stereocenters. The molecule has 6 N–H and O–H groups in total. The highest BCUT2D eigenvalue weighted by Crippen LogP contribution is 2.42. The first kappa shape index (κ1) is 15.7. The lowest BCUT2D eigenvalue weighted by Crippen LogP contribution is -2.51. The highest BCUT2D eigenvalue weighted by Gasteiger charge is 2.14. The molecule has 0 saturated carbocycles. The van der Waals surface area contributed by atoms with Gasteiger partial charge in [0.2, 0.25) is 0 Å². The maximum Gasteiger partial charge on any atom is 0.0835 e. The van der Waals surface area contributed by atoms with Crippen molar-refractivity contribution in [3.63, 3.8) is 0 Å². The number of hydrogen-bond acceptors (Lipinski definition) is 2. The van der Waals surface area contributed by atoms with E-state index in [1.54, 1.807) is 0 Å². The van der Waals surface area contributed by atoms with Crippen LogP contribution in [0.5, 0.6) is 0 Å². The predicted molar refractivity (Wildman–Crippen MR) is 98.4 cm³/mol. The second-order valence-electron chi connectivity index (χ2n) is 5.15. The van der Waals surface area contributed by atoms with Gasteiger partial charge in [-0.2, -0.15) is 0 Å². The van der Waals surface area contributed by atoms with Crippen LogP contribution in [0, 0.1) is 0 Å². The van der Waals surface area contributed by atoms with Crippen molar-refractivity contribution < 1.29 is 11.5 Å². The van der Waals surface area contributed by atoms with Gasteiger partial charge in [0.05, 0.1) is 13.1 Å². The third-order valence-corrected chi connectivity index (χ3v) is 6.06. The Labute approximate surface area is 139 Å². The Hall–Kier alpha value is -1.20. The number of quaternary nitrogens is 2. The van der Waals surface area contributed by atoms with Crippen molar-refractivity contribution in [1.82, 2.24) is 0 Å². The molecule has 3 rings (SSSR count). The summed E-state index contributed by atoms with van der Waals surface area (Å²) < 4.78 is 0. The number of hydrogen-bond donors (Lipinski definition) is 2. The van der Waals surface area contributed by atoms with Gasteiger partial charge in [-0.15, -0.1) is 23.5 Å². The van der Waals surface area contributed by atoms with Crippen molar-refractivity contribution >= 4 is 45.1 Å². The number of thioether (sulfide) groups is 2. The minimum Gasteiger partial charge on any atom is -0.357 e. The summed E-state index contributed by atoms with van der Waals surface area (Å²) in [6, 6.07) is 17.6. The monoisotopic (exact) mass is 330 g/mol. The molecule has 0 aromatic heterocycles. The Morgan fingerprint density at radius 2 is 0.909 bits per heavy atom. The molecule has 0 spiro atoms. The van der Waals surface area contributed by atoms with Crippen LogP contribution in [0.3, 0.4) is 0 Å². The van der Waals surface area contributed by atoms with Gasteiger partial charge in [-0.05, 0) is 21.5 Å². The second kappa shape index (κ2) is 7.38. The van der Waals surface area contributed by atoms with E-state index < -0.39 is 0 Å². The van der Waals surface area contributed by atoms with Crippen molar-refractivity contribution in [2.75, 3.05) is 24.6 Å². The van der Waals surface area contributed by atoms with E-state index in [4.69, 9.17) is 0 Å². The number of benzene rings is 3. The third kappa shape index (κ3) is 2.97. The predicted octanol–water partition coefficient (Wildman–Crippen LogP) is 2.66. The van der Waals surface area contributed by atoms with Crippen molar-refractivity contribution in [2.24, 2.45) is 0 Å². The van der Waals surface area contributed by atoms with E-state index in [0.717, 1.165) is 24.6 Å². The van der Waals surface area contributed by atoms with Gasteiger partial charge in [0.1, 0.15) is 0 Å². The van der Waals surface area contributed by atoms with Crippen molar-refractivity contribution in [3.8, 4) is 0 Å². The van der Waals surface area contributed by atoms with Crippen LogP contribution < -0.4 is 11.5 Å². The summed E-state index contributed by atoms with van der Waals surface area (Å²) in [6.07, 6.45) is 0. The molecule has 0 amide bonds. The molecule has 0 atom stereocenters. The Morgan fingerprint density at radius 1 is 0.591 bits per heavy atom. The van der Waals surface area contributed by atoms with E-state index in [1.807, 2.05) is 23.5 Å². The molecule has 3 aromatic rings. The van der Waals surface area contributed by atoms with Crippen molar-refractivity contribution in [3.05, 3.63) is 48.5 Å². The summed E-state index contributed by atoms with van der Waals surface area (Å²) in [6.45, 7) is 1.90. The van der Waals surface area contributed by atoms with Crippen LogP contribution in [0.25, 0.3) is 21.5 Å². The molecule has 0 aliphatic carbocycles. The van der Waals surface area contributed by atoms with Gasteiger partial charge < -0.3 is 11.5 Å². The zero-order chi connectivity index (χ0) is 15.4. The van der Waals surface area contributed by atoms with Crippen LogP contribution in [0.15, 0.2) is 58.3 Å². The van der Waals surface area contributed by atoms with Crippen LogP contribution >= 0.6 is 23.5 Å². The summed E-state index contributed by atoms with van der Waals surface area (Å²) in [7, 11) is 0. The fourth-order valence-corrected chi connectivity index (χ4v) is 4.74. The highest BCUT2D eigenvalue weighted by molar-refractivity contribution is 8.00. The molecule has 0 bridgehead atoms. The SMILES string of the molecule is [NH3+]CCSc1c2ccccc2c(SCC[NH3+])c2ccccc12. The lowest BCUT2D eigenvalue weighted by atomic mass is 10.0. The molecule has 22 heavy (non-hydrogen) atoms. The van der Waals surface area contributed by atoms with E-state index in [9.17, 15) is 0 Å². The maximum atomic E-state index is 3.99. The molecule has 114 valence electrons. The topological polar surface area (TPSA) is 55.3 Å². The van der Waals surface area contributed by atoms with E-state index >= 15 is 0 Å². The summed E-state index contributed by atoms with van der Waals surface area (Å²) in [5, 5.41) is 5.47. The molecule has 4 heteroatoms. The highest BCUT2D eigenvalue weighted by atomic mass is 32.2. The first-order valence-electron chi connectivity index (χ1n) is 7.64. The summed E-state index contributed by atoms with van der Waals surface area (Å²) in [5.41, 5.74) is 7.97. The maximum absolute atomic E-state index is 3.99. The molecular formula is C18H22N2S2+2. The van der Waals surface area contributed by atoms with Crippen LogP contribution in [0.1, 0.15) is 0 Å². The molecular weight excluding hydrogens is 308 g/mol. The quantitative estimate of drug-likeness (QED) is 0.539. The van der Waals surface area contributed by atoms with Gasteiger partial charge in [0.15, 0.2) is 0 Å². The number of rotatable bonds is 6. The van der Waals surface area contributed by atoms with Gasteiger partial charge in [0, 0.05) is 21.3 Å². The minimum atomic E-state index is 0.950. The average molecular weight is 331 g/mol. The second-order valence-corrected chi connectivity index (χ2v) is 7.36. The Kier molecular flexibility index (Phi) is 5.26. The number of fused-ring (bicyclic) bond motifs is 2. The van der Waals surface area contributed by atoms with Crippen LogP contribution in [-0.4, -0.2) is 24.6 Å². The van der Waals surface area contributed by atoms with E-state index in [-0.39, 0.29) is 0 Å². The normalized spacial score (nSPS) is 11.4. The van der Waals surface area contributed by atoms with E-state index in [1.165, 1.54) is 31.3 Å². The first-order valence-corrected chi connectivity index (χ1v) is 9.61. The molecule has 2 nitrogen and oxygen atoms in total. The van der Waals surface area contributed by atoms with Gasteiger partial charge in [-0.25, -0.2) is 0 Å². The first-order chi connectivity index (χ1) is 10.9. The zero-order valence-electron chi connectivity index (χ0n) is 12.7. The lowest BCUT2D eigenvalue weighted by Gasteiger charge is -2.15. The van der Waals surface area contributed by atoms with Crippen LogP contribution in [0.2, 0.25) is 0 Å². The summed E-state index contributed by atoms with van der Waals surface area (Å²) >= 11 is 3.86. The Balaban J connectivity index is 2.32. The standard InChI is InChI=1S/C18H20N2S2/c19-9-11-21-17-13-5-1-2-6-14(13)18(22-12-10-20)16-8-4-3-7-15(16)17/h1-8H,9-12,19-20H2/p+2. The zero-order valence-corrected chi connectivity index (χ0v) is 14.3. The lowest BCUT2D eigenvalue weighted by molar-refractivity contribution is -0.360. The van der Waals surface area contributed by atoms with Gasteiger partial charge in [0.25, 0.3) is 0 Å². The Morgan fingerprint density at radius 3 is 1.18 bits per heavy atom. The van der Waals surface area contributed by atoms with E-state index in [2.05, 4.69) is 60.0 Å². The van der Waals surface area contributed by atoms with Crippen molar-refractivity contribution in [1.29, 1.82) is 0 Å². The molecule has 0 aliphatic rings. The molecule has 0 fully saturated rings. The van der Waals surface area contributed by atoms with Crippen LogP contribution in [-0.2, 0) is 0 Å². The van der Waals surface area contributed by atoms with Gasteiger partial charge in [-0.3, -0.25) is 0 Å². The molecule has 0 heterocycles. The summed E-state index contributed by atoms with van der Waals surface area (Å²) in [5.74, 6) is 2.11. The molecule has 0 saturated heterocycles. The fourth-order valence-electron chi connectivity index (χ4n) is 2.71. The van der Waals surface area contributed by atoms with Crippen molar-refractivity contribution in [2.45, 2.75) is 9.79 Å². The average Bonchev–Trinajstić information content (AvgIpc) is 2.58. The van der Waals surface area contributed by atoms with Gasteiger partial charge in [-0.1, -0.05) is 48.5 Å². The molecule has 3 aromatic carbocycles.